The third-order valence-electron chi connectivity index (χ3n) is 2.17. The molecular formula is C10H8ClF3O2. The van der Waals surface area contributed by atoms with Crippen molar-refractivity contribution in [1.29, 1.82) is 0 Å². The van der Waals surface area contributed by atoms with Gasteiger partial charge in [-0.15, -0.1) is 0 Å². The zero-order valence-electron chi connectivity index (χ0n) is 8.18. The summed E-state index contributed by atoms with van der Waals surface area (Å²) in [6.07, 6.45) is -4.58. The number of alkyl halides is 3. The maximum atomic E-state index is 12.5. The lowest BCUT2D eigenvalue weighted by atomic mass is 9.99. The second-order valence-corrected chi connectivity index (χ2v) is 3.64. The number of carboxylic acid groups (broad SMARTS) is 1. The molecule has 1 N–H and O–H groups in total. The van der Waals surface area contributed by atoms with Crippen LogP contribution in [0.1, 0.15) is 24.0 Å². The van der Waals surface area contributed by atoms with E-state index >= 15 is 0 Å². The molecule has 0 saturated carbocycles. The van der Waals surface area contributed by atoms with Gasteiger partial charge in [-0.2, -0.15) is 13.2 Å². The second kappa shape index (κ2) is 4.33. The van der Waals surface area contributed by atoms with Crippen LogP contribution in [0.3, 0.4) is 0 Å². The van der Waals surface area contributed by atoms with E-state index in [-0.39, 0.29) is 5.56 Å². The number of carboxylic acids is 1. The van der Waals surface area contributed by atoms with E-state index in [0.717, 1.165) is 12.1 Å². The van der Waals surface area contributed by atoms with Gasteiger partial charge >= 0.3 is 12.1 Å². The maximum Gasteiger partial charge on any atom is 0.417 e. The van der Waals surface area contributed by atoms with Crippen LogP contribution in [0, 0.1) is 0 Å². The standard InChI is InChI=1S/C10H8ClF3O2/c1-5(9(15)16)6-3-2-4-7(8(6)11)10(12,13)14/h2-5H,1H3,(H,15,16). The van der Waals surface area contributed by atoms with Crippen LogP contribution in [0.4, 0.5) is 13.2 Å². The average molecular weight is 253 g/mol. The van der Waals surface area contributed by atoms with Crippen LogP contribution < -0.4 is 0 Å². The number of carbonyl (C=O) groups is 1. The average Bonchev–Trinajstić information content (AvgIpc) is 2.15. The summed E-state index contributed by atoms with van der Waals surface area (Å²) in [5.74, 6) is -2.30. The zero-order valence-corrected chi connectivity index (χ0v) is 8.93. The lowest BCUT2D eigenvalue weighted by Crippen LogP contribution is -2.12. The van der Waals surface area contributed by atoms with E-state index in [1.54, 1.807) is 0 Å². The van der Waals surface area contributed by atoms with Gasteiger partial charge in [0.1, 0.15) is 0 Å². The number of halogens is 4. The third-order valence-corrected chi connectivity index (χ3v) is 2.59. The van der Waals surface area contributed by atoms with Crippen molar-refractivity contribution in [2.24, 2.45) is 0 Å². The minimum atomic E-state index is -4.58. The summed E-state index contributed by atoms with van der Waals surface area (Å²) in [4.78, 5) is 10.7. The monoisotopic (exact) mass is 252 g/mol. The van der Waals surface area contributed by atoms with Crippen LogP contribution in [0.5, 0.6) is 0 Å². The first kappa shape index (κ1) is 12.8. The number of rotatable bonds is 2. The number of hydrogen-bond acceptors (Lipinski definition) is 1. The second-order valence-electron chi connectivity index (χ2n) is 3.27. The smallest absolute Gasteiger partial charge is 0.417 e. The molecule has 0 bridgehead atoms. The van der Waals surface area contributed by atoms with Crippen LogP contribution in [-0.4, -0.2) is 11.1 Å². The Morgan fingerprint density at radius 3 is 2.44 bits per heavy atom. The van der Waals surface area contributed by atoms with E-state index < -0.39 is 28.6 Å². The molecule has 1 aromatic rings. The van der Waals surface area contributed by atoms with Gasteiger partial charge in [0.05, 0.1) is 16.5 Å². The topological polar surface area (TPSA) is 37.3 Å². The predicted molar refractivity (Wildman–Crippen MR) is 52.5 cm³/mol. The Kier molecular flexibility index (Phi) is 3.48. The van der Waals surface area contributed by atoms with Crippen LogP contribution in [0.25, 0.3) is 0 Å². The molecule has 0 radical (unpaired) electrons. The van der Waals surface area contributed by atoms with Gasteiger partial charge in [0.2, 0.25) is 0 Å². The summed E-state index contributed by atoms with van der Waals surface area (Å²) in [5.41, 5.74) is -1.05. The Bertz CT molecular complexity index is 415. The molecule has 0 aliphatic heterocycles. The highest BCUT2D eigenvalue weighted by molar-refractivity contribution is 6.32. The van der Waals surface area contributed by atoms with Crippen molar-refractivity contribution < 1.29 is 23.1 Å². The minimum absolute atomic E-state index is 0.0380. The van der Waals surface area contributed by atoms with Gasteiger partial charge in [-0.25, -0.2) is 0 Å². The molecule has 1 unspecified atom stereocenters. The predicted octanol–water partition coefficient (Wildman–Crippen LogP) is 3.55. The van der Waals surface area contributed by atoms with Gasteiger partial charge in [0.25, 0.3) is 0 Å². The Balaban J connectivity index is 3.30. The van der Waals surface area contributed by atoms with E-state index in [1.807, 2.05) is 0 Å². The van der Waals surface area contributed by atoms with Gasteiger partial charge in [-0.1, -0.05) is 23.7 Å². The molecule has 0 fully saturated rings. The van der Waals surface area contributed by atoms with Crippen molar-refractivity contribution in [1.82, 2.24) is 0 Å². The molecule has 0 spiro atoms. The largest absolute Gasteiger partial charge is 0.481 e. The van der Waals surface area contributed by atoms with Gasteiger partial charge < -0.3 is 5.11 Å². The van der Waals surface area contributed by atoms with Gasteiger partial charge in [-0.05, 0) is 18.6 Å². The fraction of sp³-hybridized carbons (Fsp3) is 0.300. The Morgan fingerprint density at radius 1 is 1.44 bits per heavy atom. The van der Waals surface area contributed by atoms with Crippen molar-refractivity contribution in [2.45, 2.75) is 19.0 Å². The van der Waals surface area contributed by atoms with Crippen LogP contribution in [-0.2, 0) is 11.0 Å². The summed E-state index contributed by atoms with van der Waals surface area (Å²) in [6.45, 7) is 1.28. The van der Waals surface area contributed by atoms with E-state index in [4.69, 9.17) is 16.7 Å². The summed E-state index contributed by atoms with van der Waals surface area (Å²) in [6, 6.07) is 3.24. The first-order chi connectivity index (χ1) is 7.25. The maximum absolute atomic E-state index is 12.5. The lowest BCUT2D eigenvalue weighted by molar-refractivity contribution is -0.139. The van der Waals surface area contributed by atoms with Crippen LogP contribution >= 0.6 is 11.6 Å². The molecule has 6 heteroatoms. The fourth-order valence-electron chi connectivity index (χ4n) is 1.24. The Labute approximate surface area is 94.6 Å². The first-order valence-electron chi connectivity index (χ1n) is 4.33. The first-order valence-corrected chi connectivity index (χ1v) is 4.71. The number of benzene rings is 1. The van der Waals surface area contributed by atoms with Crippen LogP contribution in [0.2, 0.25) is 5.02 Å². The summed E-state index contributed by atoms with van der Waals surface area (Å²) in [5, 5.41) is 8.16. The molecule has 0 aliphatic rings. The molecule has 0 heterocycles. The minimum Gasteiger partial charge on any atom is -0.481 e. The molecule has 0 amide bonds. The zero-order chi connectivity index (χ0) is 12.5. The summed E-state index contributed by atoms with van der Waals surface area (Å²) >= 11 is 5.55. The van der Waals surface area contributed by atoms with Gasteiger partial charge in [-0.3, -0.25) is 4.79 Å². The van der Waals surface area contributed by atoms with Gasteiger partial charge in [0.15, 0.2) is 0 Å². The van der Waals surface area contributed by atoms with Gasteiger partial charge in [0, 0.05) is 0 Å². The lowest BCUT2D eigenvalue weighted by Gasteiger charge is -2.14. The number of hydrogen-bond donors (Lipinski definition) is 1. The highest BCUT2D eigenvalue weighted by atomic mass is 35.5. The molecular weight excluding hydrogens is 245 g/mol. The fourth-order valence-corrected chi connectivity index (χ4v) is 1.63. The number of aliphatic carboxylic acids is 1. The molecule has 1 atom stereocenters. The van der Waals surface area contributed by atoms with Crippen LogP contribution in [0.15, 0.2) is 18.2 Å². The van der Waals surface area contributed by atoms with Crippen molar-refractivity contribution in [3.8, 4) is 0 Å². The highest BCUT2D eigenvalue weighted by Crippen LogP contribution is 2.38. The van der Waals surface area contributed by atoms with E-state index in [0.29, 0.717) is 0 Å². The molecule has 16 heavy (non-hydrogen) atoms. The molecule has 0 aromatic heterocycles. The van der Waals surface area contributed by atoms with Crippen molar-refractivity contribution in [3.63, 3.8) is 0 Å². The molecule has 0 saturated heterocycles. The van der Waals surface area contributed by atoms with Crippen molar-refractivity contribution >= 4 is 17.6 Å². The van der Waals surface area contributed by atoms with Crippen molar-refractivity contribution in [2.75, 3.05) is 0 Å². The third kappa shape index (κ3) is 2.47. The summed E-state index contributed by atoms with van der Waals surface area (Å²) in [7, 11) is 0. The highest BCUT2D eigenvalue weighted by Gasteiger charge is 2.34. The molecule has 2 nitrogen and oxygen atoms in total. The quantitative estimate of drug-likeness (QED) is 0.874. The Hall–Kier alpha value is -1.23. The molecule has 1 rings (SSSR count). The molecule has 88 valence electrons. The van der Waals surface area contributed by atoms with E-state index in [9.17, 15) is 18.0 Å². The van der Waals surface area contributed by atoms with E-state index in [2.05, 4.69) is 0 Å². The Morgan fingerprint density at radius 2 is 2.00 bits per heavy atom. The summed E-state index contributed by atoms with van der Waals surface area (Å²) < 4.78 is 37.4. The normalized spacial score (nSPS) is 13.6. The SMILES string of the molecule is CC(C(=O)O)c1cccc(C(F)(F)F)c1Cl. The molecule has 1 aromatic carbocycles. The molecule has 0 aliphatic carbocycles. The van der Waals surface area contributed by atoms with Crippen molar-refractivity contribution in [3.05, 3.63) is 34.3 Å². The van der Waals surface area contributed by atoms with E-state index in [1.165, 1.54) is 13.0 Å².